The number of carbonyl (C=O) groups is 1. The Labute approximate surface area is 68.0 Å². The van der Waals surface area contributed by atoms with Crippen molar-refractivity contribution < 1.29 is 9.90 Å². The molecule has 66 valence electrons. The van der Waals surface area contributed by atoms with Crippen LogP contribution in [0.25, 0.3) is 0 Å². The van der Waals surface area contributed by atoms with Gasteiger partial charge in [0.15, 0.2) is 0 Å². The minimum absolute atomic E-state index is 0.219. The van der Waals surface area contributed by atoms with Crippen LogP contribution in [-0.2, 0) is 4.79 Å². The van der Waals surface area contributed by atoms with Crippen molar-refractivity contribution in [2.24, 2.45) is 5.92 Å². The maximum absolute atomic E-state index is 10.4. The van der Waals surface area contributed by atoms with Gasteiger partial charge >= 0.3 is 5.97 Å². The van der Waals surface area contributed by atoms with Crippen LogP contribution in [0.2, 0.25) is 0 Å². The fourth-order valence-electron chi connectivity index (χ4n) is 0.696. The lowest BCUT2D eigenvalue weighted by Crippen LogP contribution is -2.22. The zero-order valence-electron chi connectivity index (χ0n) is 7.50. The molecule has 0 radical (unpaired) electrons. The van der Waals surface area contributed by atoms with Crippen molar-refractivity contribution in [1.82, 2.24) is 4.90 Å². The highest BCUT2D eigenvalue weighted by molar-refractivity contribution is 5.69. The smallest absolute Gasteiger partial charge is 0.306 e. The van der Waals surface area contributed by atoms with E-state index in [0.29, 0.717) is 0 Å². The Morgan fingerprint density at radius 2 is 2.18 bits per heavy atom. The molecule has 1 atom stereocenters. The number of hydrogen-bond donors (Lipinski definition) is 1. The molecule has 0 bridgehead atoms. The second-order valence-electron chi connectivity index (χ2n) is 2.92. The van der Waals surface area contributed by atoms with Gasteiger partial charge in [0, 0.05) is 0 Å². The first-order chi connectivity index (χ1) is 5.07. The molecule has 3 nitrogen and oxygen atoms in total. The summed E-state index contributed by atoms with van der Waals surface area (Å²) in [5, 5.41) is 8.55. The van der Waals surface area contributed by atoms with E-state index < -0.39 is 5.97 Å². The number of rotatable bonds is 5. The highest BCUT2D eigenvalue weighted by Crippen LogP contribution is 2.01. The van der Waals surface area contributed by atoms with Crippen molar-refractivity contribution in [3.8, 4) is 0 Å². The van der Waals surface area contributed by atoms with Gasteiger partial charge in [0.05, 0.1) is 5.92 Å². The average molecular weight is 159 g/mol. The molecular formula is C8H17NO2. The van der Waals surface area contributed by atoms with E-state index in [9.17, 15) is 4.79 Å². The summed E-state index contributed by atoms with van der Waals surface area (Å²) in [7, 11) is 1.99. The third-order valence-corrected chi connectivity index (χ3v) is 1.91. The molecule has 0 aliphatic heterocycles. The molecule has 0 rings (SSSR count). The molecule has 0 fully saturated rings. The van der Waals surface area contributed by atoms with Gasteiger partial charge in [-0.15, -0.1) is 0 Å². The molecule has 0 aliphatic carbocycles. The maximum atomic E-state index is 10.4. The molecule has 0 aromatic rings. The van der Waals surface area contributed by atoms with Crippen LogP contribution in [0.15, 0.2) is 0 Å². The van der Waals surface area contributed by atoms with Crippen molar-refractivity contribution in [2.75, 3.05) is 20.1 Å². The van der Waals surface area contributed by atoms with E-state index in [1.165, 1.54) is 0 Å². The highest BCUT2D eigenvalue weighted by Gasteiger charge is 2.10. The van der Waals surface area contributed by atoms with Gasteiger partial charge in [0.1, 0.15) is 0 Å². The van der Waals surface area contributed by atoms with Crippen LogP contribution < -0.4 is 0 Å². The Kier molecular flexibility index (Phi) is 4.86. The quantitative estimate of drug-likeness (QED) is 0.651. The molecular weight excluding hydrogens is 142 g/mol. The van der Waals surface area contributed by atoms with Crippen LogP contribution in [-0.4, -0.2) is 36.1 Å². The van der Waals surface area contributed by atoms with E-state index in [1.54, 1.807) is 6.92 Å². The lowest BCUT2D eigenvalue weighted by Gasteiger charge is -2.14. The molecule has 0 aromatic heterocycles. The molecule has 0 saturated heterocycles. The minimum atomic E-state index is -0.700. The molecule has 1 unspecified atom stereocenters. The molecule has 0 amide bonds. The van der Waals surface area contributed by atoms with Gasteiger partial charge in [-0.2, -0.15) is 0 Å². The highest BCUT2D eigenvalue weighted by atomic mass is 16.4. The summed E-state index contributed by atoms with van der Waals surface area (Å²) >= 11 is 0. The van der Waals surface area contributed by atoms with E-state index >= 15 is 0 Å². The van der Waals surface area contributed by atoms with Crippen molar-refractivity contribution in [2.45, 2.75) is 20.3 Å². The predicted octanol–water partition coefficient (Wildman–Crippen LogP) is 1.05. The molecule has 11 heavy (non-hydrogen) atoms. The number of hydrogen-bond acceptors (Lipinski definition) is 2. The monoisotopic (exact) mass is 159 g/mol. The largest absolute Gasteiger partial charge is 0.481 e. The second-order valence-corrected chi connectivity index (χ2v) is 2.92. The summed E-state index contributed by atoms with van der Waals surface area (Å²) < 4.78 is 0. The van der Waals surface area contributed by atoms with Gasteiger partial charge in [-0.25, -0.2) is 0 Å². The molecule has 0 saturated carbocycles. The summed E-state index contributed by atoms with van der Waals surface area (Å²) in [5.74, 6) is -0.918. The number of carboxylic acid groups (broad SMARTS) is 1. The summed E-state index contributed by atoms with van der Waals surface area (Å²) in [6, 6.07) is 0. The average Bonchev–Trinajstić information content (AvgIpc) is 1.99. The van der Waals surface area contributed by atoms with Gasteiger partial charge in [-0.1, -0.05) is 13.8 Å². The second kappa shape index (κ2) is 5.13. The number of nitrogens with zero attached hydrogens (tertiary/aromatic N) is 1. The van der Waals surface area contributed by atoms with Gasteiger partial charge < -0.3 is 10.0 Å². The molecule has 0 heterocycles. The summed E-state index contributed by atoms with van der Waals surface area (Å²) in [6.07, 6.45) is 0.736. The third-order valence-electron chi connectivity index (χ3n) is 1.91. The first kappa shape index (κ1) is 10.4. The van der Waals surface area contributed by atoms with Crippen LogP contribution in [0.1, 0.15) is 20.3 Å². The Balaban J connectivity index is 3.45. The van der Waals surface area contributed by atoms with E-state index in [4.69, 9.17) is 5.11 Å². The van der Waals surface area contributed by atoms with Gasteiger partial charge in [0.25, 0.3) is 0 Å². The van der Waals surface area contributed by atoms with Crippen molar-refractivity contribution in [3.63, 3.8) is 0 Å². The van der Waals surface area contributed by atoms with Crippen molar-refractivity contribution in [1.29, 1.82) is 0 Å². The maximum Gasteiger partial charge on any atom is 0.306 e. The van der Waals surface area contributed by atoms with E-state index in [1.807, 2.05) is 7.05 Å². The Morgan fingerprint density at radius 1 is 1.64 bits per heavy atom. The summed E-state index contributed by atoms with van der Waals surface area (Å²) in [5.41, 5.74) is 0. The van der Waals surface area contributed by atoms with Gasteiger partial charge in [-0.3, -0.25) is 4.79 Å². The first-order valence-electron chi connectivity index (χ1n) is 3.99. The minimum Gasteiger partial charge on any atom is -0.481 e. The molecule has 3 heteroatoms. The van der Waals surface area contributed by atoms with E-state index in [-0.39, 0.29) is 5.92 Å². The van der Waals surface area contributed by atoms with Crippen LogP contribution >= 0.6 is 0 Å². The zero-order valence-corrected chi connectivity index (χ0v) is 7.50. The van der Waals surface area contributed by atoms with Crippen LogP contribution in [0, 0.1) is 5.92 Å². The standard InChI is InChI=1S/C8H17NO2/c1-4-9(3)6-5-7(2)8(10)11/h7H,4-6H2,1-3H3,(H,10,11). The molecule has 0 aromatic carbocycles. The van der Waals surface area contributed by atoms with Crippen LogP contribution in [0.4, 0.5) is 0 Å². The SMILES string of the molecule is CCN(C)CCC(C)C(=O)O. The van der Waals surface area contributed by atoms with Gasteiger partial charge in [0.2, 0.25) is 0 Å². The third kappa shape index (κ3) is 4.79. The fourth-order valence-corrected chi connectivity index (χ4v) is 0.696. The van der Waals surface area contributed by atoms with Crippen LogP contribution in [0.3, 0.4) is 0 Å². The van der Waals surface area contributed by atoms with Crippen molar-refractivity contribution >= 4 is 5.97 Å². The topological polar surface area (TPSA) is 40.5 Å². The van der Waals surface area contributed by atoms with E-state index in [2.05, 4.69) is 11.8 Å². The van der Waals surface area contributed by atoms with E-state index in [0.717, 1.165) is 19.5 Å². The molecule has 0 aliphatic rings. The zero-order chi connectivity index (χ0) is 8.85. The van der Waals surface area contributed by atoms with Crippen molar-refractivity contribution in [3.05, 3.63) is 0 Å². The first-order valence-corrected chi connectivity index (χ1v) is 3.99. The summed E-state index contributed by atoms with van der Waals surface area (Å²) in [4.78, 5) is 12.5. The Bertz CT molecular complexity index is 125. The number of carboxylic acids is 1. The summed E-state index contributed by atoms with van der Waals surface area (Å²) in [6.45, 7) is 5.65. The predicted molar refractivity (Wildman–Crippen MR) is 44.6 cm³/mol. The van der Waals surface area contributed by atoms with Crippen LogP contribution in [0.5, 0.6) is 0 Å². The normalized spacial score (nSPS) is 13.5. The molecule has 1 N–H and O–H groups in total. The Morgan fingerprint density at radius 3 is 2.55 bits per heavy atom. The fraction of sp³-hybridized carbons (Fsp3) is 0.875. The Hall–Kier alpha value is -0.570. The number of aliphatic carboxylic acids is 1. The lowest BCUT2D eigenvalue weighted by molar-refractivity contribution is -0.141. The van der Waals surface area contributed by atoms with Gasteiger partial charge in [-0.05, 0) is 26.6 Å². The molecule has 0 spiro atoms. The lowest BCUT2D eigenvalue weighted by atomic mass is 10.1.